The van der Waals surface area contributed by atoms with E-state index in [4.69, 9.17) is 4.43 Å². The van der Waals surface area contributed by atoms with E-state index in [0.29, 0.717) is 0 Å². The average Bonchev–Trinajstić information content (AvgIpc) is 2.65. The molecule has 2 aromatic rings. The Kier molecular flexibility index (Phi) is 7.01. The van der Waals surface area contributed by atoms with E-state index >= 15 is 0 Å². The van der Waals surface area contributed by atoms with Gasteiger partial charge in [-0.2, -0.15) is 0 Å². The first-order valence-corrected chi connectivity index (χ1v) is 11.6. The van der Waals surface area contributed by atoms with Crippen LogP contribution in [0.25, 0.3) is 6.08 Å². The monoisotopic (exact) mass is 338 g/mol. The van der Waals surface area contributed by atoms with Crippen LogP contribution in [-0.2, 0) is 4.43 Å². The van der Waals surface area contributed by atoms with Crippen molar-refractivity contribution in [1.29, 1.82) is 0 Å². The summed E-state index contributed by atoms with van der Waals surface area (Å²) in [5, 5.41) is 0. The van der Waals surface area contributed by atoms with Crippen LogP contribution in [0.15, 0.2) is 66.2 Å². The Morgan fingerprint density at radius 2 is 1.38 bits per heavy atom. The molecule has 0 aliphatic carbocycles. The van der Waals surface area contributed by atoms with Gasteiger partial charge in [0.1, 0.15) is 0 Å². The topological polar surface area (TPSA) is 9.23 Å². The van der Waals surface area contributed by atoms with E-state index in [2.05, 4.69) is 94.4 Å². The largest absolute Gasteiger partial charge is 0.406 e. The van der Waals surface area contributed by atoms with E-state index in [-0.39, 0.29) is 6.10 Å². The lowest BCUT2D eigenvalue weighted by molar-refractivity contribution is 0.227. The molecule has 1 atom stereocenters. The van der Waals surface area contributed by atoms with Crippen LogP contribution >= 0.6 is 0 Å². The third kappa shape index (κ3) is 4.68. The first-order valence-electron chi connectivity index (χ1n) is 9.10. The molecule has 0 spiro atoms. The summed E-state index contributed by atoms with van der Waals surface area (Å²) in [6.45, 7) is 9.07. The van der Waals surface area contributed by atoms with Crippen molar-refractivity contribution in [1.82, 2.24) is 0 Å². The average molecular weight is 339 g/mol. The minimum Gasteiger partial charge on any atom is -0.406 e. The van der Waals surface area contributed by atoms with Crippen molar-refractivity contribution in [3.63, 3.8) is 0 Å². The maximum absolute atomic E-state index is 6.88. The summed E-state index contributed by atoms with van der Waals surface area (Å²) in [6.07, 6.45) is 2.32. The van der Waals surface area contributed by atoms with Crippen molar-refractivity contribution >= 4 is 14.4 Å². The van der Waals surface area contributed by atoms with Gasteiger partial charge in [-0.25, -0.2) is 0 Å². The summed E-state index contributed by atoms with van der Waals surface area (Å²) >= 11 is 0. The molecule has 0 heterocycles. The van der Waals surface area contributed by atoms with Crippen LogP contribution in [0.5, 0.6) is 0 Å². The molecule has 2 aromatic carbocycles. The lowest BCUT2D eigenvalue weighted by atomic mass is 10.0. The lowest BCUT2D eigenvalue weighted by Crippen LogP contribution is -2.37. The number of benzene rings is 2. The Labute approximate surface area is 148 Å². The van der Waals surface area contributed by atoms with Crippen LogP contribution < -0.4 is 0 Å². The van der Waals surface area contributed by atoms with Gasteiger partial charge in [0.25, 0.3) is 0 Å². The standard InChI is InChI=1S/C22H30OSi/c1-5-24(6-2,7-3)23-22(21-16-12-9-13-17-21)19(4)18-20-14-10-8-11-15-20/h8-18,22H,5-7H2,1-4H3. The van der Waals surface area contributed by atoms with E-state index in [1.54, 1.807) is 0 Å². The Morgan fingerprint density at radius 3 is 1.88 bits per heavy atom. The molecule has 0 N–H and O–H groups in total. The number of rotatable bonds is 8. The minimum atomic E-state index is -1.68. The van der Waals surface area contributed by atoms with E-state index in [1.165, 1.54) is 34.8 Å². The second kappa shape index (κ2) is 9.00. The maximum atomic E-state index is 6.88. The summed E-state index contributed by atoms with van der Waals surface area (Å²) in [5.41, 5.74) is 3.77. The number of hydrogen-bond acceptors (Lipinski definition) is 1. The smallest absolute Gasteiger partial charge is 0.193 e. The molecule has 128 valence electrons. The molecular weight excluding hydrogens is 308 g/mol. The van der Waals surface area contributed by atoms with Gasteiger partial charge in [-0.1, -0.05) is 87.5 Å². The zero-order valence-electron chi connectivity index (χ0n) is 15.5. The van der Waals surface area contributed by atoms with Crippen molar-refractivity contribution in [3.05, 3.63) is 77.4 Å². The fraction of sp³-hybridized carbons (Fsp3) is 0.364. The van der Waals surface area contributed by atoms with Crippen molar-refractivity contribution in [3.8, 4) is 0 Å². The molecule has 2 heteroatoms. The van der Waals surface area contributed by atoms with Gasteiger partial charge in [-0.05, 0) is 41.8 Å². The minimum absolute atomic E-state index is 0.0536. The van der Waals surface area contributed by atoms with Gasteiger partial charge in [-0.3, -0.25) is 0 Å². The highest BCUT2D eigenvalue weighted by atomic mass is 28.4. The first-order chi connectivity index (χ1) is 11.6. The highest BCUT2D eigenvalue weighted by molar-refractivity contribution is 6.73. The quantitative estimate of drug-likeness (QED) is 0.478. The predicted octanol–water partition coefficient (Wildman–Crippen LogP) is 6.85. The fourth-order valence-electron chi connectivity index (χ4n) is 3.19. The summed E-state index contributed by atoms with van der Waals surface area (Å²) in [5.74, 6) is 0. The molecule has 0 bridgehead atoms. The lowest BCUT2D eigenvalue weighted by Gasteiger charge is -2.34. The summed E-state index contributed by atoms with van der Waals surface area (Å²) in [7, 11) is -1.68. The Morgan fingerprint density at radius 1 is 0.875 bits per heavy atom. The van der Waals surface area contributed by atoms with Gasteiger partial charge in [0, 0.05) is 0 Å². The maximum Gasteiger partial charge on any atom is 0.193 e. The normalized spacial score (nSPS) is 13.8. The summed E-state index contributed by atoms with van der Waals surface area (Å²) in [4.78, 5) is 0. The molecule has 1 unspecified atom stereocenters. The van der Waals surface area contributed by atoms with Crippen molar-refractivity contribution in [2.24, 2.45) is 0 Å². The van der Waals surface area contributed by atoms with Gasteiger partial charge in [0.2, 0.25) is 0 Å². The third-order valence-corrected chi connectivity index (χ3v) is 9.61. The van der Waals surface area contributed by atoms with Crippen molar-refractivity contribution in [2.75, 3.05) is 0 Å². The van der Waals surface area contributed by atoms with Crippen LogP contribution in [0.3, 0.4) is 0 Å². The van der Waals surface area contributed by atoms with E-state index < -0.39 is 8.32 Å². The molecule has 0 saturated carbocycles. The Balaban J connectivity index is 2.38. The van der Waals surface area contributed by atoms with Crippen molar-refractivity contribution in [2.45, 2.75) is 51.9 Å². The molecule has 2 rings (SSSR count). The zero-order valence-corrected chi connectivity index (χ0v) is 16.5. The second-order valence-electron chi connectivity index (χ2n) is 6.45. The van der Waals surface area contributed by atoms with Gasteiger partial charge in [-0.15, -0.1) is 0 Å². The highest BCUT2D eigenvalue weighted by Gasteiger charge is 2.33. The summed E-state index contributed by atoms with van der Waals surface area (Å²) in [6, 6.07) is 24.7. The van der Waals surface area contributed by atoms with Gasteiger partial charge < -0.3 is 4.43 Å². The molecule has 0 saturated heterocycles. The zero-order chi connectivity index (χ0) is 17.4. The molecule has 0 amide bonds. The van der Waals surface area contributed by atoms with Gasteiger partial charge in [0.05, 0.1) is 6.10 Å². The molecule has 0 aliphatic rings. The Hall–Kier alpha value is -1.64. The van der Waals surface area contributed by atoms with Crippen LogP contribution in [0.2, 0.25) is 18.1 Å². The van der Waals surface area contributed by atoms with Crippen LogP contribution in [-0.4, -0.2) is 8.32 Å². The molecule has 24 heavy (non-hydrogen) atoms. The second-order valence-corrected chi connectivity index (χ2v) is 11.2. The molecule has 0 aliphatic heterocycles. The predicted molar refractivity (Wildman–Crippen MR) is 108 cm³/mol. The van der Waals surface area contributed by atoms with Crippen LogP contribution in [0.1, 0.15) is 44.9 Å². The fourth-order valence-corrected chi connectivity index (χ4v) is 6.01. The highest BCUT2D eigenvalue weighted by Crippen LogP contribution is 2.34. The molecule has 0 aromatic heterocycles. The SMILES string of the molecule is CC[Si](CC)(CC)OC(C(C)=Cc1ccccc1)c1ccccc1. The molecule has 1 nitrogen and oxygen atoms in total. The third-order valence-electron chi connectivity index (χ3n) is 5.01. The summed E-state index contributed by atoms with van der Waals surface area (Å²) < 4.78 is 6.88. The van der Waals surface area contributed by atoms with Gasteiger partial charge in [0.15, 0.2) is 8.32 Å². The van der Waals surface area contributed by atoms with Gasteiger partial charge >= 0.3 is 0 Å². The molecule has 0 fully saturated rings. The van der Waals surface area contributed by atoms with E-state index in [0.717, 1.165) is 0 Å². The Bertz CT molecular complexity index is 621. The molecule has 0 radical (unpaired) electrons. The van der Waals surface area contributed by atoms with E-state index in [9.17, 15) is 0 Å². The first kappa shape index (κ1) is 18.7. The number of hydrogen-bond donors (Lipinski definition) is 0. The van der Waals surface area contributed by atoms with Crippen LogP contribution in [0.4, 0.5) is 0 Å². The van der Waals surface area contributed by atoms with E-state index in [1.807, 2.05) is 0 Å². The van der Waals surface area contributed by atoms with Crippen LogP contribution in [0, 0.1) is 0 Å². The molecular formula is C22H30OSi. The van der Waals surface area contributed by atoms with Crippen molar-refractivity contribution < 1.29 is 4.43 Å².